The van der Waals surface area contributed by atoms with Gasteiger partial charge < -0.3 is 4.74 Å². The van der Waals surface area contributed by atoms with Crippen LogP contribution in [0.4, 0.5) is 0 Å². The third-order valence-electron chi connectivity index (χ3n) is 4.49. The molecule has 17 heavy (non-hydrogen) atoms. The van der Waals surface area contributed by atoms with Gasteiger partial charge in [0, 0.05) is 7.11 Å². The topological polar surface area (TPSA) is 9.23 Å². The summed E-state index contributed by atoms with van der Waals surface area (Å²) in [6.07, 6.45) is 11.9. The molecular weight excluding hydrogens is 208 g/mol. The molecule has 0 aliphatic carbocycles. The molecule has 0 amide bonds. The van der Waals surface area contributed by atoms with Crippen molar-refractivity contribution in [3.8, 4) is 0 Å². The van der Waals surface area contributed by atoms with Crippen molar-refractivity contribution >= 4 is 0 Å². The Morgan fingerprint density at radius 3 is 1.88 bits per heavy atom. The fourth-order valence-electron chi connectivity index (χ4n) is 2.93. The van der Waals surface area contributed by atoms with Crippen LogP contribution >= 0.6 is 0 Å². The molecule has 0 heterocycles. The van der Waals surface area contributed by atoms with Gasteiger partial charge in [-0.25, -0.2) is 0 Å². The average molecular weight is 242 g/mol. The van der Waals surface area contributed by atoms with Gasteiger partial charge in [0.1, 0.15) is 0 Å². The predicted octanol–water partition coefficient (Wildman–Crippen LogP) is 5.58. The molecule has 0 rings (SSSR count). The SMILES string of the molecule is CCCCCCCCC(C)C(CC)(CC)OC. The Morgan fingerprint density at radius 1 is 0.882 bits per heavy atom. The van der Waals surface area contributed by atoms with Crippen molar-refractivity contribution in [2.45, 2.75) is 91.1 Å². The van der Waals surface area contributed by atoms with Gasteiger partial charge in [0.15, 0.2) is 0 Å². The van der Waals surface area contributed by atoms with E-state index < -0.39 is 0 Å². The molecule has 0 N–H and O–H groups in total. The Kier molecular flexibility index (Phi) is 9.91. The second-order valence-electron chi connectivity index (χ2n) is 5.43. The zero-order valence-electron chi connectivity index (χ0n) is 12.8. The summed E-state index contributed by atoms with van der Waals surface area (Å²) in [5, 5.41) is 0. The van der Waals surface area contributed by atoms with Crippen LogP contribution in [0.25, 0.3) is 0 Å². The van der Waals surface area contributed by atoms with Crippen LogP contribution in [0.5, 0.6) is 0 Å². The first-order chi connectivity index (χ1) is 8.16. The lowest BCUT2D eigenvalue weighted by Gasteiger charge is -2.36. The van der Waals surface area contributed by atoms with Crippen molar-refractivity contribution in [1.29, 1.82) is 0 Å². The summed E-state index contributed by atoms with van der Waals surface area (Å²) in [5.74, 6) is 0.689. The van der Waals surface area contributed by atoms with Crippen molar-refractivity contribution in [3.63, 3.8) is 0 Å². The molecular formula is C16H34O. The van der Waals surface area contributed by atoms with E-state index in [0.717, 1.165) is 12.8 Å². The monoisotopic (exact) mass is 242 g/mol. The smallest absolute Gasteiger partial charge is 0.0698 e. The van der Waals surface area contributed by atoms with Crippen LogP contribution in [-0.4, -0.2) is 12.7 Å². The maximum Gasteiger partial charge on any atom is 0.0698 e. The lowest BCUT2D eigenvalue weighted by atomic mass is 9.80. The van der Waals surface area contributed by atoms with Crippen LogP contribution in [-0.2, 0) is 4.74 Å². The van der Waals surface area contributed by atoms with Gasteiger partial charge in [-0.2, -0.15) is 0 Å². The highest BCUT2D eigenvalue weighted by molar-refractivity contribution is 4.83. The van der Waals surface area contributed by atoms with Crippen LogP contribution in [0.1, 0.15) is 85.5 Å². The first-order valence-electron chi connectivity index (χ1n) is 7.72. The molecule has 1 heteroatoms. The second-order valence-corrected chi connectivity index (χ2v) is 5.43. The van der Waals surface area contributed by atoms with Crippen LogP contribution in [0.3, 0.4) is 0 Å². The molecule has 0 aromatic heterocycles. The van der Waals surface area contributed by atoms with Gasteiger partial charge >= 0.3 is 0 Å². The number of methoxy groups -OCH3 is 1. The normalized spacial score (nSPS) is 13.9. The number of rotatable bonds is 11. The van der Waals surface area contributed by atoms with E-state index in [-0.39, 0.29) is 5.60 Å². The molecule has 0 saturated carbocycles. The zero-order valence-corrected chi connectivity index (χ0v) is 12.8. The quantitative estimate of drug-likeness (QED) is 0.430. The maximum absolute atomic E-state index is 5.79. The van der Waals surface area contributed by atoms with Gasteiger partial charge in [0.05, 0.1) is 5.60 Å². The highest BCUT2D eigenvalue weighted by atomic mass is 16.5. The van der Waals surface area contributed by atoms with Crippen molar-refractivity contribution in [2.24, 2.45) is 5.92 Å². The molecule has 1 unspecified atom stereocenters. The summed E-state index contributed by atoms with van der Waals surface area (Å²) in [6.45, 7) is 9.15. The van der Waals surface area contributed by atoms with E-state index in [0.29, 0.717) is 5.92 Å². The molecule has 0 radical (unpaired) electrons. The Balaban J connectivity index is 3.79. The van der Waals surface area contributed by atoms with Crippen molar-refractivity contribution in [3.05, 3.63) is 0 Å². The average Bonchev–Trinajstić information content (AvgIpc) is 2.36. The van der Waals surface area contributed by atoms with Crippen LogP contribution in [0.15, 0.2) is 0 Å². The molecule has 0 aliphatic rings. The summed E-state index contributed by atoms with van der Waals surface area (Å²) in [5.41, 5.74) is 0.128. The van der Waals surface area contributed by atoms with Gasteiger partial charge in [-0.15, -0.1) is 0 Å². The van der Waals surface area contributed by atoms with E-state index in [2.05, 4.69) is 27.7 Å². The van der Waals surface area contributed by atoms with E-state index >= 15 is 0 Å². The van der Waals surface area contributed by atoms with Gasteiger partial charge in [0.2, 0.25) is 0 Å². The lowest BCUT2D eigenvalue weighted by Crippen LogP contribution is -2.37. The molecule has 0 fully saturated rings. The molecule has 0 aromatic carbocycles. The summed E-state index contributed by atoms with van der Waals surface area (Å²) in [6, 6.07) is 0. The minimum atomic E-state index is 0.128. The first-order valence-corrected chi connectivity index (χ1v) is 7.72. The Bertz CT molecular complexity index is 153. The fourth-order valence-corrected chi connectivity index (χ4v) is 2.93. The van der Waals surface area contributed by atoms with Crippen molar-refractivity contribution in [2.75, 3.05) is 7.11 Å². The Morgan fingerprint density at radius 2 is 1.41 bits per heavy atom. The Hall–Kier alpha value is -0.0400. The Labute approximate surface area is 109 Å². The van der Waals surface area contributed by atoms with Crippen molar-refractivity contribution in [1.82, 2.24) is 0 Å². The summed E-state index contributed by atoms with van der Waals surface area (Å²) in [4.78, 5) is 0. The molecule has 1 nitrogen and oxygen atoms in total. The van der Waals surface area contributed by atoms with E-state index in [1.165, 1.54) is 44.9 Å². The highest BCUT2D eigenvalue weighted by Crippen LogP contribution is 2.32. The van der Waals surface area contributed by atoms with Gasteiger partial charge in [-0.3, -0.25) is 0 Å². The van der Waals surface area contributed by atoms with Gasteiger partial charge in [-0.05, 0) is 25.2 Å². The first kappa shape index (κ1) is 17.0. The lowest BCUT2D eigenvalue weighted by molar-refractivity contribution is -0.0621. The number of unbranched alkanes of at least 4 members (excludes halogenated alkanes) is 5. The standard InChI is InChI=1S/C16H34O/c1-6-9-10-11-12-13-14-15(4)16(7-2,8-3)17-5/h15H,6-14H2,1-5H3. The van der Waals surface area contributed by atoms with E-state index in [1.54, 1.807) is 0 Å². The summed E-state index contributed by atoms with van der Waals surface area (Å²) >= 11 is 0. The second kappa shape index (κ2) is 9.94. The summed E-state index contributed by atoms with van der Waals surface area (Å²) < 4.78 is 5.79. The molecule has 0 aliphatic heterocycles. The molecule has 104 valence electrons. The zero-order chi connectivity index (χ0) is 13.1. The van der Waals surface area contributed by atoms with Crippen LogP contribution in [0, 0.1) is 5.92 Å². The van der Waals surface area contributed by atoms with E-state index in [4.69, 9.17) is 4.74 Å². The molecule has 1 atom stereocenters. The largest absolute Gasteiger partial charge is 0.378 e. The van der Waals surface area contributed by atoms with Gasteiger partial charge in [-0.1, -0.05) is 66.2 Å². The van der Waals surface area contributed by atoms with Crippen molar-refractivity contribution < 1.29 is 4.74 Å². The van der Waals surface area contributed by atoms with E-state index in [9.17, 15) is 0 Å². The summed E-state index contributed by atoms with van der Waals surface area (Å²) in [7, 11) is 1.88. The number of hydrogen-bond donors (Lipinski definition) is 0. The van der Waals surface area contributed by atoms with Gasteiger partial charge in [0.25, 0.3) is 0 Å². The maximum atomic E-state index is 5.79. The van der Waals surface area contributed by atoms with E-state index in [1.807, 2.05) is 7.11 Å². The molecule has 0 bridgehead atoms. The number of hydrogen-bond acceptors (Lipinski definition) is 1. The van der Waals surface area contributed by atoms with Crippen LogP contribution < -0.4 is 0 Å². The molecule has 0 saturated heterocycles. The molecule has 0 spiro atoms. The number of ether oxygens (including phenoxy) is 1. The third kappa shape index (κ3) is 5.90. The molecule has 0 aromatic rings. The minimum absolute atomic E-state index is 0.128. The predicted molar refractivity (Wildman–Crippen MR) is 77.5 cm³/mol. The highest BCUT2D eigenvalue weighted by Gasteiger charge is 2.31. The fraction of sp³-hybridized carbons (Fsp3) is 1.00. The van der Waals surface area contributed by atoms with Crippen LogP contribution in [0.2, 0.25) is 0 Å². The third-order valence-corrected chi connectivity index (χ3v) is 4.49. The minimum Gasteiger partial charge on any atom is -0.378 e.